The van der Waals surface area contributed by atoms with Crippen molar-refractivity contribution in [2.24, 2.45) is 0 Å². The Morgan fingerprint density at radius 2 is 1.79 bits per heavy atom. The van der Waals surface area contributed by atoms with E-state index in [0.717, 1.165) is 6.42 Å². The van der Waals surface area contributed by atoms with E-state index in [1.807, 2.05) is 13.0 Å². The van der Waals surface area contributed by atoms with E-state index in [2.05, 4.69) is 15.9 Å². The van der Waals surface area contributed by atoms with Gasteiger partial charge in [0.15, 0.2) is 0 Å². The van der Waals surface area contributed by atoms with Crippen molar-refractivity contribution < 1.29 is 17.9 Å². The van der Waals surface area contributed by atoms with Gasteiger partial charge >= 0.3 is 0 Å². The van der Waals surface area contributed by atoms with Gasteiger partial charge in [-0.25, -0.2) is 8.42 Å². The van der Waals surface area contributed by atoms with Crippen LogP contribution in [0, 0.1) is 0 Å². The molecule has 0 unspecified atom stereocenters. The molecule has 1 saturated heterocycles. The molecule has 6 nitrogen and oxygen atoms in total. The molecule has 150 valence electrons. The molecule has 0 aromatic heterocycles. The summed E-state index contributed by atoms with van der Waals surface area (Å²) in [6.07, 6.45) is 0.895. The fourth-order valence-corrected chi connectivity index (χ4v) is 5.05. The second kappa shape index (κ2) is 9.07. The first-order valence-corrected chi connectivity index (χ1v) is 11.4. The Labute approximate surface area is 174 Å². The van der Waals surface area contributed by atoms with Gasteiger partial charge in [0.1, 0.15) is 5.75 Å². The molecule has 28 heavy (non-hydrogen) atoms. The van der Waals surface area contributed by atoms with Crippen molar-refractivity contribution in [3.8, 4) is 5.75 Å². The summed E-state index contributed by atoms with van der Waals surface area (Å²) in [6, 6.07) is 13.8. The maximum absolute atomic E-state index is 12.8. The summed E-state index contributed by atoms with van der Waals surface area (Å²) in [5, 5.41) is 0. The molecule has 8 heteroatoms. The van der Waals surface area contributed by atoms with Crippen molar-refractivity contribution in [1.82, 2.24) is 9.21 Å². The minimum atomic E-state index is -3.57. The molecule has 1 amide bonds. The number of rotatable bonds is 6. The Morgan fingerprint density at radius 1 is 1.07 bits per heavy atom. The standard InChI is InChI=1S/C20H23BrN2O4S/c1-2-13-27-18-7-3-5-16(14-18)20(24)22-9-11-23(12-10-22)28(25,26)19-8-4-6-17(21)15-19/h3-8,14-15H,2,9-13H2,1H3. The van der Waals surface area contributed by atoms with E-state index in [-0.39, 0.29) is 23.9 Å². The fourth-order valence-electron chi connectivity index (χ4n) is 3.03. The summed E-state index contributed by atoms with van der Waals surface area (Å²) in [4.78, 5) is 14.7. The highest BCUT2D eigenvalue weighted by molar-refractivity contribution is 9.10. The van der Waals surface area contributed by atoms with Crippen LogP contribution in [0.1, 0.15) is 23.7 Å². The molecule has 2 aromatic carbocycles. The Hall–Kier alpha value is -1.90. The second-order valence-corrected chi connectivity index (χ2v) is 9.38. The van der Waals surface area contributed by atoms with E-state index in [9.17, 15) is 13.2 Å². The first-order valence-electron chi connectivity index (χ1n) is 9.19. The number of piperazine rings is 1. The van der Waals surface area contributed by atoms with Crippen LogP contribution in [0.4, 0.5) is 0 Å². The topological polar surface area (TPSA) is 66.9 Å². The number of sulfonamides is 1. The van der Waals surface area contributed by atoms with Crippen LogP contribution < -0.4 is 4.74 Å². The molecule has 2 aromatic rings. The van der Waals surface area contributed by atoms with Gasteiger partial charge < -0.3 is 9.64 Å². The summed E-state index contributed by atoms with van der Waals surface area (Å²) in [6.45, 7) is 3.87. The molecule has 0 radical (unpaired) electrons. The van der Waals surface area contributed by atoms with E-state index in [4.69, 9.17) is 4.74 Å². The molecular formula is C20H23BrN2O4S. The molecule has 0 aliphatic carbocycles. The van der Waals surface area contributed by atoms with Gasteiger partial charge in [0, 0.05) is 36.2 Å². The van der Waals surface area contributed by atoms with Gasteiger partial charge in [-0.15, -0.1) is 0 Å². The lowest BCUT2D eigenvalue weighted by Crippen LogP contribution is -2.50. The Bertz CT molecular complexity index is 941. The van der Waals surface area contributed by atoms with Crippen molar-refractivity contribution >= 4 is 31.9 Å². The summed E-state index contributed by atoms with van der Waals surface area (Å²) in [5.41, 5.74) is 0.553. The van der Waals surface area contributed by atoms with Gasteiger partial charge in [-0.2, -0.15) is 4.31 Å². The Kier molecular flexibility index (Phi) is 6.74. The Morgan fingerprint density at radius 3 is 2.46 bits per heavy atom. The third-order valence-electron chi connectivity index (χ3n) is 4.51. The molecule has 3 rings (SSSR count). The average molecular weight is 467 g/mol. The number of carbonyl (C=O) groups is 1. The maximum Gasteiger partial charge on any atom is 0.254 e. The highest BCUT2D eigenvalue weighted by Crippen LogP contribution is 2.22. The fraction of sp³-hybridized carbons (Fsp3) is 0.350. The number of nitrogens with zero attached hydrogens (tertiary/aromatic N) is 2. The molecule has 1 aliphatic rings. The largest absolute Gasteiger partial charge is 0.494 e. The van der Waals surface area contributed by atoms with Gasteiger partial charge in [0.2, 0.25) is 10.0 Å². The van der Waals surface area contributed by atoms with Crippen LogP contribution >= 0.6 is 15.9 Å². The lowest BCUT2D eigenvalue weighted by molar-refractivity contribution is 0.0697. The van der Waals surface area contributed by atoms with Crippen molar-refractivity contribution in [2.45, 2.75) is 18.2 Å². The Balaban J connectivity index is 1.66. The zero-order valence-electron chi connectivity index (χ0n) is 15.7. The molecule has 0 bridgehead atoms. The molecule has 1 heterocycles. The third-order valence-corrected chi connectivity index (χ3v) is 6.90. The SMILES string of the molecule is CCCOc1cccc(C(=O)N2CCN(S(=O)(=O)c3cccc(Br)c3)CC2)c1. The highest BCUT2D eigenvalue weighted by Gasteiger charge is 2.30. The number of carbonyl (C=O) groups excluding carboxylic acids is 1. The summed E-state index contributed by atoms with van der Waals surface area (Å²) >= 11 is 3.31. The predicted molar refractivity (Wildman–Crippen MR) is 111 cm³/mol. The van der Waals surface area contributed by atoms with Gasteiger partial charge in [0.05, 0.1) is 11.5 Å². The first kappa shape index (κ1) is 20.8. The summed E-state index contributed by atoms with van der Waals surface area (Å²) in [7, 11) is -3.57. The zero-order valence-corrected chi connectivity index (χ0v) is 18.1. The monoisotopic (exact) mass is 466 g/mol. The number of ether oxygens (including phenoxy) is 1. The van der Waals surface area contributed by atoms with E-state index in [1.165, 1.54) is 4.31 Å². The smallest absolute Gasteiger partial charge is 0.254 e. The zero-order chi connectivity index (χ0) is 20.1. The highest BCUT2D eigenvalue weighted by atomic mass is 79.9. The summed E-state index contributed by atoms with van der Waals surface area (Å²) < 4.78 is 33.4. The number of hydrogen-bond acceptors (Lipinski definition) is 4. The van der Waals surface area contributed by atoms with Crippen LogP contribution in [-0.4, -0.2) is 56.3 Å². The van der Waals surface area contributed by atoms with E-state index in [0.29, 0.717) is 35.5 Å². The lowest BCUT2D eigenvalue weighted by atomic mass is 10.1. The van der Waals surface area contributed by atoms with Crippen LogP contribution in [0.3, 0.4) is 0 Å². The minimum absolute atomic E-state index is 0.110. The first-order chi connectivity index (χ1) is 13.4. The van der Waals surface area contributed by atoms with Crippen molar-refractivity contribution in [1.29, 1.82) is 0 Å². The van der Waals surface area contributed by atoms with E-state index >= 15 is 0 Å². The van der Waals surface area contributed by atoms with Crippen molar-refractivity contribution in [2.75, 3.05) is 32.8 Å². The summed E-state index contributed by atoms with van der Waals surface area (Å²) in [5.74, 6) is 0.560. The van der Waals surface area contributed by atoms with Crippen LogP contribution in [-0.2, 0) is 10.0 Å². The van der Waals surface area contributed by atoms with Gasteiger partial charge in [-0.1, -0.05) is 35.0 Å². The van der Waals surface area contributed by atoms with Gasteiger partial charge in [-0.05, 0) is 42.8 Å². The average Bonchev–Trinajstić information content (AvgIpc) is 2.72. The minimum Gasteiger partial charge on any atom is -0.494 e. The van der Waals surface area contributed by atoms with Crippen molar-refractivity contribution in [3.63, 3.8) is 0 Å². The molecule has 1 fully saturated rings. The van der Waals surface area contributed by atoms with Crippen LogP contribution in [0.5, 0.6) is 5.75 Å². The van der Waals surface area contributed by atoms with E-state index in [1.54, 1.807) is 47.4 Å². The predicted octanol–water partition coefficient (Wildman–Crippen LogP) is 3.38. The van der Waals surface area contributed by atoms with Crippen LogP contribution in [0.15, 0.2) is 57.9 Å². The molecule has 0 spiro atoms. The lowest BCUT2D eigenvalue weighted by Gasteiger charge is -2.34. The third kappa shape index (κ3) is 4.74. The molecule has 1 aliphatic heterocycles. The number of hydrogen-bond donors (Lipinski definition) is 0. The van der Waals surface area contributed by atoms with E-state index < -0.39 is 10.0 Å². The molecule has 0 atom stereocenters. The second-order valence-electron chi connectivity index (χ2n) is 6.53. The molecule has 0 saturated carbocycles. The number of amides is 1. The van der Waals surface area contributed by atoms with Crippen LogP contribution in [0.2, 0.25) is 0 Å². The van der Waals surface area contributed by atoms with Crippen LogP contribution in [0.25, 0.3) is 0 Å². The number of halogens is 1. The quantitative estimate of drug-likeness (QED) is 0.654. The van der Waals surface area contributed by atoms with Crippen molar-refractivity contribution in [3.05, 3.63) is 58.6 Å². The molecule has 0 N–H and O–H groups in total. The van der Waals surface area contributed by atoms with Gasteiger partial charge in [0.25, 0.3) is 5.91 Å². The molecular weight excluding hydrogens is 444 g/mol. The van der Waals surface area contributed by atoms with Gasteiger partial charge in [-0.3, -0.25) is 4.79 Å². The normalized spacial score (nSPS) is 15.4. The maximum atomic E-state index is 12.8. The number of benzene rings is 2.